The molecule has 2 rings (SSSR count). The van der Waals surface area contributed by atoms with E-state index in [1.165, 1.54) is 0 Å². The number of rotatable bonds is 10. The van der Waals surface area contributed by atoms with Gasteiger partial charge in [0.2, 0.25) is 0 Å². The van der Waals surface area contributed by atoms with Crippen LogP contribution in [0.15, 0.2) is 0 Å². The molecular weight excluding hydrogens is 476 g/mol. The number of hydrogen-bond donors (Lipinski definition) is 1. The molecule has 6 nitrogen and oxygen atoms in total. The van der Waals surface area contributed by atoms with Crippen LogP contribution < -0.4 is 0 Å². The van der Waals surface area contributed by atoms with E-state index in [0.29, 0.717) is 55.5 Å². The van der Waals surface area contributed by atoms with Gasteiger partial charge in [0.05, 0.1) is 31.3 Å². The van der Waals surface area contributed by atoms with E-state index >= 15 is 0 Å². The predicted molar refractivity (Wildman–Crippen MR) is 147 cm³/mol. The first-order valence-corrected chi connectivity index (χ1v) is 18.8. The predicted octanol–water partition coefficient (Wildman–Crippen LogP) is 6.57. The topological polar surface area (TPSA) is 74.2 Å². The first kappa shape index (κ1) is 31.1. The summed E-state index contributed by atoms with van der Waals surface area (Å²) >= 11 is 0. The fourth-order valence-electron chi connectivity index (χ4n) is 6.01. The largest absolute Gasteiger partial charge is 0.417 e. The lowest BCUT2D eigenvalue weighted by molar-refractivity contribution is -0.321. The third-order valence-electron chi connectivity index (χ3n) is 8.70. The number of hydrogen-bond acceptors (Lipinski definition) is 6. The van der Waals surface area contributed by atoms with Gasteiger partial charge in [-0.1, -0.05) is 62.3 Å². The molecule has 2 saturated heterocycles. The Balaban J connectivity index is 2.07. The Morgan fingerprint density at radius 1 is 1.00 bits per heavy atom. The second-order valence-electron chi connectivity index (χ2n) is 13.4. The molecule has 0 aromatic heterocycles. The second-order valence-corrected chi connectivity index (χ2v) is 23.7. The van der Waals surface area contributed by atoms with Gasteiger partial charge in [0.25, 0.3) is 0 Å². The van der Waals surface area contributed by atoms with Gasteiger partial charge in [-0.05, 0) is 41.2 Å². The smallest absolute Gasteiger partial charge is 0.200 e. The molecule has 0 aliphatic carbocycles. The van der Waals surface area contributed by atoms with E-state index in [0.717, 1.165) is 0 Å². The molecule has 35 heavy (non-hydrogen) atoms. The van der Waals surface area contributed by atoms with Gasteiger partial charge in [-0.3, -0.25) is 4.79 Å². The average molecular weight is 531 g/mol. The summed E-state index contributed by atoms with van der Waals surface area (Å²) in [7, 11) is -3.91. The molecule has 4 atom stereocenters. The summed E-state index contributed by atoms with van der Waals surface area (Å²) in [6.07, 6.45) is 0.979. The van der Waals surface area contributed by atoms with Gasteiger partial charge < -0.3 is 23.4 Å². The van der Waals surface area contributed by atoms with Crippen LogP contribution >= 0.6 is 0 Å². The fraction of sp³-hybridized carbons (Fsp3) is 0.963. The number of aliphatic hydroxyl groups is 1. The molecule has 0 radical (unpaired) electrons. The summed E-state index contributed by atoms with van der Waals surface area (Å²) < 4.78 is 26.0. The minimum Gasteiger partial charge on any atom is -0.417 e. The molecule has 2 aliphatic heterocycles. The van der Waals surface area contributed by atoms with Crippen molar-refractivity contribution in [1.82, 2.24) is 0 Å². The number of aliphatic hydroxyl groups excluding tert-OH is 1. The lowest BCUT2D eigenvalue weighted by atomic mass is 9.90. The van der Waals surface area contributed by atoms with E-state index in [9.17, 15) is 9.90 Å². The van der Waals surface area contributed by atoms with Crippen molar-refractivity contribution in [3.8, 4) is 0 Å². The lowest BCUT2D eigenvalue weighted by Crippen LogP contribution is -2.56. The zero-order valence-corrected chi connectivity index (χ0v) is 26.4. The van der Waals surface area contributed by atoms with Crippen molar-refractivity contribution in [3.63, 3.8) is 0 Å². The standard InChI is InChI=1S/C27H54O6Si2/c1-19(2)35(20(3)4,21(5)6)31-18-25-15-23(29)17-27(33-25)16-22(28)14-24(32-27)12-13-30-34(10,11)26(7,8)9/h19-21,23-25,29H,12-18H2,1-11H3/t23-,24-,25+,27-/m0/s1. The third kappa shape index (κ3) is 7.48. The molecule has 0 bridgehead atoms. The molecule has 206 valence electrons. The van der Waals surface area contributed by atoms with E-state index in [-0.39, 0.29) is 29.5 Å². The fourth-order valence-corrected chi connectivity index (χ4v) is 12.5. The molecule has 8 heteroatoms. The van der Waals surface area contributed by atoms with Crippen LogP contribution in [-0.4, -0.2) is 64.8 Å². The Bertz CT molecular complexity index is 681. The summed E-state index contributed by atoms with van der Waals surface area (Å²) in [5.41, 5.74) is 1.42. The van der Waals surface area contributed by atoms with Gasteiger partial charge >= 0.3 is 0 Å². The lowest BCUT2D eigenvalue weighted by Gasteiger charge is -2.48. The van der Waals surface area contributed by atoms with Crippen LogP contribution in [0.4, 0.5) is 0 Å². The van der Waals surface area contributed by atoms with E-state index in [1.54, 1.807) is 0 Å². The SMILES string of the molecule is CC(C)[Si](OC[C@H]1C[C@H](O)C[C@]2(CC(=O)C[C@H](CCO[Si](C)(C)C(C)(C)C)O2)O1)(C(C)C)C(C)C. The van der Waals surface area contributed by atoms with Crippen LogP contribution in [0.1, 0.15) is 94.4 Å². The summed E-state index contributed by atoms with van der Waals surface area (Å²) in [5.74, 6) is -0.919. The van der Waals surface area contributed by atoms with Crippen LogP contribution in [0.25, 0.3) is 0 Å². The second kappa shape index (κ2) is 11.7. The van der Waals surface area contributed by atoms with Crippen LogP contribution in [0.2, 0.25) is 34.8 Å². The first-order valence-electron chi connectivity index (χ1n) is 13.8. The molecule has 1 N–H and O–H groups in total. The molecule has 0 amide bonds. The molecule has 2 heterocycles. The maximum atomic E-state index is 12.8. The first-order chi connectivity index (χ1) is 15.9. The van der Waals surface area contributed by atoms with Gasteiger partial charge in [0.15, 0.2) is 22.4 Å². The van der Waals surface area contributed by atoms with Crippen molar-refractivity contribution in [2.24, 2.45) is 0 Å². The van der Waals surface area contributed by atoms with Crippen molar-refractivity contribution in [3.05, 3.63) is 0 Å². The van der Waals surface area contributed by atoms with Crippen molar-refractivity contribution >= 4 is 22.4 Å². The van der Waals surface area contributed by atoms with Gasteiger partial charge in [-0.25, -0.2) is 0 Å². The highest BCUT2D eigenvalue weighted by atomic mass is 28.4. The third-order valence-corrected chi connectivity index (χ3v) is 19.3. The Morgan fingerprint density at radius 2 is 1.54 bits per heavy atom. The van der Waals surface area contributed by atoms with E-state index in [1.807, 2.05) is 0 Å². The molecule has 2 aliphatic rings. The summed E-state index contributed by atoms with van der Waals surface area (Å²) in [4.78, 5) is 12.8. The number of ether oxygens (including phenoxy) is 2. The zero-order chi connectivity index (χ0) is 26.8. The number of Topliss-reactive ketones (excluding diaryl/α,β-unsaturated/α-hetero) is 1. The van der Waals surface area contributed by atoms with Crippen molar-refractivity contribution < 1.29 is 28.2 Å². The van der Waals surface area contributed by atoms with E-state index in [4.69, 9.17) is 18.3 Å². The molecule has 0 aromatic carbocycles. The van der Waals surface area contributed by atoms with E-state index < -0.39 is 28.5 Å². The molecule has 0 saturated carbocycles. The Labute approximate surface area is 217 Å². The highest BCUT2D eigenvalue weighted by Crippen LogP contribution is 2.44. The van der Waals surface area contributed by atoms with Crippen molar-refractivity contribution in [2.45, 2.75) is 153 Å². The maximum Gasteiger partial charge on any atom is 0.200 e. The normalized spacial score (nSPS) is 29.1. The Morgan fingerprint density at radius 3 is 2.06 bits per heavy atom. The molecule has 0 unspecified atom stereocenters. The zero-order valence-electron chi connectivity index (χ0n) is 24.4. The molecule has 1 spiro atoms. The number of carbonyl (C=O) groups is 1. The summed E-state index contributed by atoms with van der Waals surface area (Å²) in [6, 6.07) is 0. The van der Waals surface area contributed by atoms with Crippen LogP contribution in [0.3, 0.4) is 0 Å². The highest BCUT2D eigenvalue weighted by Gasteiger charge is 2.50. The number of carbonyl (C=O) groups excluding carboxylic acids is 1. The van der Waals surface area contributed by atoms with Gasteiger partial charge in [-0.15, -0.1) is 0 Å². The molecule has 2 fully saturated rings. The van der Waals surface area contributed by atoms with Crippen LogP contribution in [-0.2, 0) is 23.1 Å². The van der Waals surface area contributed by atoms with Crippen LogP contribution in [0, 0.1) is 0 Å². The number of ketones is 1. The van der Waals surface area contributed by atoms with Gasteiger partial charge in [0.1, 0.15) is 5.78 Å². The highest BCUT2D eigenvalue weighted by molar-refractivity contribution is 6.77. The summed E-state index contributed by atoms with van der Waals surface area (Å²) in [6.45, 7) is 25.8. The minimum atomic E-state index is -2.05. The minimum absolute atomic E-state index is 0.137. The average Bonchev–Trinajstić information content (AvgIpc) is 2.65. The molecule has 0 aromatic rings. The van der Waals surface area contributed by atoms with E-state index in [2.05, 4.69) is 75.4 Å². The van der Waals surface area contributed by atoms with Crippen molar-refractivity contribution in [1.29, 1.82) is 0 Å². The Kier molecular flexibility index (Phi) is 10.4. The molecular formula is C27H54O6Si2. The quantitative estimate of drug-likeness (QED) is 0.322. The van der Waals surface area contributed by atoms with Gasteiger partial charge in [-0.2, -0.15) is 0 Å². The summed E-state index contributed by atoms with van der Waals surface area (Å²) in [5, 5.41) is 10.9. The van der Waals surface area contributed by atoms with Gasteiger partial charge in [0, 0.05) is 25.9 Å². The Hall–Kier alpha value is -0.0962. The van der Waals surface area contributed by atoms with Crippen LogP contribution in [0.5, 0.6) is 0 Å². The maximum absolute atomic E-state index is 12.8. The van der Waals surface area contributed by atoms with Crippen molar-refractivity contribution in [2.75, 3.05) is 13.2 Å². The monoisotopic (exact) mass is 530 g/mol.